The van der Waals surface area contributed by atoms with Crippen molar-refractivity contribution in [2.45, 2.75) is 32.9 Å². The second-order valence-electron chi connectivity index (χ2n) is 8.20. The summed E-state index contributed by atoms with van der Waals surface area (Å²) < 4.78 is 10.1. The Labute approximate surface area is 189 Å². The van der Waals surface area contributed by atoms with E-state index in [4.69, 9.17) is 15.0 Å². The molecule has 0 fully saturated rings. The quantitative estimate of drug-likeness (QED) is 0.322. The summed E-state index contributed by atoms with van der Waals surface area (Å²) in [6, 6.07) is 12.1. The Kier molecular flexibility index (Phi) is 6.71. The van der Waals surface area contributed by atoms with E-state index in [2.05, 4.69) is 10.1 Å². The number of nitro groups is 1. The van der Waals surface area contributed by atoms with E-state index in [1.807, 2.05) is 0 Å². The van der Waals surface area contributed by atoms with E-state index < -0.39 is 22.4 Å². The van der Waals surface area contributed by atoms with Crippen LogP contribution in [-0.4, -0.2) is 44.0 Å². The summed E-state index contributed by atoms with van der Waals surface area (Å²) in [6.45, 7) is 5.00. The molecule has 3 rings (SSSR count). The number of anilines is 1. The number of non-ortho nitro benzene ring substituents is 1. The first-order chi connectivity index (χ1) is 15.5. The van der Waals surface area contributed by atoms with Gasteiger partial charge in [-0.15, -0.1) is 0 Å². The molecular weight excluding hydrogens is 430 g/mol. The first kappa shape index (κ1) is 23.4. The molecule has 0 spiro atoms. The van der Waals surface area contributed by atoms with Crippen molar-refractivity contribution in [3.05, 3.63) is 69.8 Å². The van der Waals surface area contributed by atoms with Crippen LogP contribution in [0, 0.1) is 10.1 Å². The number of carbonyl (C=O) groups is 2. The lowest BCUT2D eigenvalue weighted by Gasteiger charge is -2.25. The maximum atomic E-state index is 13.1. The lowest BCUT2D eigenvalue weighted by molar-refractivity contribution is -0.384. The molecule has 3 aromatic rings. The fourth-order valence-electron chi connectivity index (χ4n) is 2.97. The monoisotopic (exact) mass is 453 g/mol. The Bertz CT molecular complexity index is 1150. The number of hydrogen-bond donors (Lipinski definition) is 1. The van der Waals surface area contributed by atoms with Gasteiger partial charge >= 0.3 is 12.0 Å². The number of hydrogen-bond acceptors (Lipinski definition) is 9. The van der Waals surface area contributed by atoms with Gasteiger partial charge in [-0.3, -0.25) is 19.7 Å². The summed E-state index contributed by atoms with van der Waals surface area (Å²) in [5.41, 5.74) is 6.21. The molecule has 0 aliphatic rings. The fraction of sp³-hybridized carbons (Fsp3) is 0.273. The topological polar surface area (TPSA) is 155 Å². The average molecular weight is 453 g/mol. The summed E-state index contributed by atoms with van der Waals surface area (Å²) in [7, 11) is 0. The molecule has 1 heterocycles. The van der Waals surface area contributed by atoms with Crippen LogP contribution in [0.15, 0.2) is 53.1 Å². The third-order valence-electron chi connectivity index (χ3n) is 4.38. The van der Waals surface area contributed by atoms with Crippen molar-refractivity contribution in [1.29, 1.82) is 0 Å². The van der Waals surface area contributed by atoms with Gasteiger partial charge in [-0.1, -0.05) is 29.4 Å². The number of rotatable bonds is 7. The molecule has 172 valence electrons. The Morgan fingerprint density at radius 2 is 1.76 bits per heavy atom. The Morgan fingerprint density at radius 1 is 1.12 bits per heavy atom. The molecule has 2 N–H and O–H groups in total. The molecule has 0 aliphatic carbocycles. The van der Waals surface area contributed by atoms with Crippen molar-refractivity contribution >= 4 is 23.6 Å². The molecule has 0 saturated heterocycles. The first-order valence-electron chi connectivity index (χ1n) is 9.96. The van der Waals surface area contributed by atoms with E-state index in [1.165, 1.54) is 29.2 Å². The standard InChI is InChI=1S/C22H23N5O6/c1-22(2,3)32-18(28)13-26(20(29)16-8-10-17(11-9-16)27(30)31)12-14-4-6-15(7-5-14)19-24-21(23)33-25-19/h4-11H,12-13H2,1-3H3,(H2,23,24,25). The van der Waals surface area contributed by atoms with Gasteiger partial charge in [0.2, 0.25) is 5.82 Å². The van der Waals surface area contributed by atoms with Crippen LogP contribution >= 0.6 is 0 Å². The molecule has 0 bridgehead atoms. The molecule has 11 nitrogen and oxygen atoms in total. The number of ether oxygens (including phenoxy) is 1. The van der Waals surface area contributed by atoms with E-state index in [1.54, 1.807) is 45.0 Å². The predicted octanol–water partition coefficient (Wildman–Crippen LogP) is 3.21. The molecule has 0 radical (unpaired) electrons. The summed E-state index contributed by atoms with van der Waals surface area (Å²) in [5, 5.41) is 14.6. The molecule has 0 saturated carbocycles. The SMILES string of the molecule is CC(C)(C)OC(=O)CN(Cc1ccc(-c2noc(N)n2)cc1)C(=O)c1ccc([N+](=O)[O-])cc1. The normalized spacial score (nSPS) is 11.1. The number of nitro benzene ring substituents is 1. The van der Waals surface area contributed by atoms with Crippen LogP contribution in [0.25, 0.3) is 11.4 Å². The zero-order valence-corrected chi connectivity index (χ0v) is 18.3. The van der Waals surface area contributed by atoms with Crippen molar-refractivity contribution in [1.82, 2.24) is 15.0 Å². The largest absolute Gasteiger partial charge is 0.459 e. The Morgan fingerprint density at radius 3 is 2.27 bits per heavy atom. The van der Waals surface area contributed by atoms with Crippen molar-refractivity contribution in [3.63, 3.8) is 0 Å². The van der Waals surface area contributed by atoms with Crippen LogP contribution in [-0.2, 0) is 16.1 Å². The van der Waals surface area contributed by atoms with Crippen LogP contribution in [0.5, 0.6) is 0 Å². The number of esters is 1. The first-order valence-corrected chi connectivity index (χ1v) is 9.96. The van der Waals surface area contributed by atoms with Gasteiger partial charge < -0.3 is 19.9 Å². The average Bonchev–Trinajstić information content (AvgIpc) is 3.18. The smallest absolute Gasteiger partial charge is 0.326 e. The van der Waals surface area contributed by atoms with Crippen LogP contribution in [0.4, 0.5) is 11.7 Å². The zero-order valence-electron chi connectivity index (χ0n) is 18.3. The van der Waals surface area contributed by atoms with Gasteiger partial charge in [0.1, 0.15) is 12.1 Å². The van der Waals surface area contributed by atoms with Gasteiger partial charge in [-0.2, -0.15) is 4.98 Å². The van der Waals surface area contributed by atoms with E-state index in [-0.39, 0.29) is 30.4 Å². The minimum absolute atomic E-state index is 0.0497. The van der Waals surface area contributed by atoms with Crippen LogP contribution < -0.4 is 5.73 Å². The molecule has 1 amide bonds. The Balaban J connectivity index is 1.82. The third kappa shape index (κ3) is 6.35. The number of nitrogens with two attached hydrogens (primary N) is 1. The number of aromatic nitrogens is 2. The number of nitrogen functional groups attached to an aromatic ring is 1. The molecule has 0 atom stereocenters. The number of nitrogens with zero attached hydrogens (tertiary/aromatic N) is 4. The fourth-order valence-corrected chi connectivity index (χ4v) is 2.97. The molecule has 33 heavy (non-hydrogen) atoms. The Hall–Kier alpha value is -4.28. The van der Waals surface area contributed by atoms with E-state index in [0.29, 0.717) is 11.4 Å². The van der Waals surface area contributed by atoms with Gasteiger partial charge in [-0.25, -0.2) is 0 Å². The maximum absolute atomic E-state index is 13.1. The van der Waals surface area contributed by atoms with Gasteiger partial charge in [0.25, 0.3) is 11.6 Å². The van der Waals surface area contributed by atoms with Gasteiger partial charge in [0, 0.05) is 29.8 Å². The van der Waals surface area contributed by atoms with E-state index >= 15 is 0 Å². The summed E-state index contributed by atoms with van der Waals surface area (Å²) in [4.78, 5) is 41.2. The second-order valence-corrected chi connectivity index (χ2v) is 8.20. The number of benzene rings is 2. The van der Waals surface area contributed by atoms with Gasteiger partial charge in [0.15, 0.2) is 0 Å². The highest BCUT2D eigenvalue weighted by atomic mass is 16.6. The molecule has 2 aromatic carbocycles. The molecule has 0 aliphatic heterocycles. The predicted molar refractivity (Wildman–Crippen MR) is 118 cm³/mol. The van der Waals surface area contributed by atoms with Crippen LogP contribution in [0.3, 0.4) is 0 Å². The van der Waals surface area contributed by atoms with E-state index in [9.17, 15) is 19.7 Å². The highest BCUT2D eigenvalue weighted by Gasteiger charge is 2.24. The number of amides is 1. The second kappa shape index (κ2) is 9.47. The van der Waals surface area contributed by atoms with Gasteiger partial charge in [-0.05, 0) is 38.5 Å². The van der Waals surface area contributed by atoms with Crippen molar-refractivity contribution in [2.24, 2.45) is 0 Å². The highest BCUT2D eigenvalue weighted by molar-refractivity contribution is 5.96. The summed E-state index contributed by atoms with van der Waals surface area (Å²) >= 11 is 0. The third-order valence-corrected chi connectivity index (χ3v) is 4.38. The molecule has 0 unspecified atom stereocenters. The minimum Gasteiger partial charge on any atom is -0.459 e. The van der Waals surface area contributed by atoms with Crippen molar-refractivity contribution in [2.75, 3.05) is 12.3 Å². The maximum Gasteiger partial charge on any atom is 0.326 e. The van der Waals surface area contributed by atoms with Crippen LogP contribution in [0.2, 0.25) is 0 Å². The molecule has 11 heteroatoms. The molecular formula is C22H23N5O6. The van der Waals surface area contributed by atoms with Gasteiger partial charge in [0.05, 0.1) is 4.92 Å². The summed E-state index contributed by atoms with van der Waals surface area (Å²) in [6.07, 6.45) is 0. The van der Waals surface area contributed by atoms with E-state index in [0.717, 1.165) is 5.56 Å². The lowest BCUT2D eigenvalue weighted by Crippen LogP contribution is -2.38. The lowest BCUT2D eigenvalue weighted by atomic mass is 10.1. The molecule has 1 aromatic heterocycles. The number of carbonyl (C=O) groups excluding carboxylic acids is 2. The highest BCUT2D eigenvalue weighted by Crippen LogP contribution is 2.20. The van der Waals surface area contributed by atoms with Crippen molar-refractivity contribution < 1.29 is 23.8 Å². The zero-order chi connectivity index (χ0) is 24.2. The van der Waals surface area contributed by atoms with Crippen molar-refractivity contribution in [3.8, 4) is 11.4 Å². The minimum atomic E-state index is -0.715. The van der Waals surface area contributed by atoms with Crippen LogP contribution in [0.1, 0.15) is 36.7 Å². The summed E-state index contributed by atoms with van der Waals surface area (Å²) in [5.74, 6) is -0.714.